The van der Waals surface area contributed by atoms with Gasteiger partial charge in [-0.25, -0.2) is 13.1 Å². The summed E-state index contributed by atoms with van der Waals surface area (Å²) in [6.45, 7) is 3.75. The van der Waals surface area contributed by atoms with Gasteiger partial charge < -0.3 is 4.90 Å². The molecule has 1 amide bonds. The normalized spacial score (nSPS) is 14.7. The number of hydrogen-bond acceptors (Lipinski definition) is 6. The average Bonchev–Trinajstić information content (AvgIpc) is 3.37. The maximum Gasteiger partial charge on any atom is 0.253 e. The van der Waals surface area contributed by atoms with E-state index in [9.17, 15) is 13.2 Å². The summed E-state index contributed by atoms with van der Waals surface area (Å²) >= 11 is 1.49. The first kappa shape index (κ1) is 23.1. The molecule has 1 aromatic heterocycles. The van der Waals surface area contributed by atoms with Gasteiger partial charge in [0.25, 0.3) is 5.91 Å². The van der Waals surface area contributed by atoms with Crippen LogP contribution in [0.1, 0.15) is 26.4 Å². The van der Waals surface area contributed by atoms with Gasteiger partial charge in [-0.3, -0.25) is 9.69 Å². The SMILES string of the molecule is N#Cc1ccc(CN2CCN(C(=O)c3ccc(S(=O)(=O)NCc4cccs4)cc3)CC2)cc1. The second kappa shape index (κ2) is 10.3. The van der Waals surface area contributed by atoms with Gasteiger partial charge in [0.05, 0.1) is 16.5 Å². The summed E-state index contributed by atoms with van der Waals surface area (Å²) in [7, 11) is -3.64. The second-order valence-corrected chi connectivity index (χ2v) is 10.6. The highest BCUT2D eigenvalue weighted by Crippen LogP contribution is 2.16. The van der Waals surface area contributed by atoms with Gasteiger partial charge in [0.2, 0.25) is 10.0 Å². The monoisotopic (exact) mass is 480 g/mol. The molecule has 1 fully saturated rings. The van der Waals surface area contributed by atoms with Crippen molar-refractivity contribution in [1.82, 2.24) is 14.5 Å². The standard InChI is InChI=1S/C24H24N4O3S2/c25-16-19-3-5-20(6-4-19)18-27-11-13-28(14-12-27)24(29)21-7-9-23(10-8-21)33(30,31)26-17-22-2-1-15-32-22/h1-10,15,26H,11-14,17-18H2. The van der Waals surface area contributed by atoms with Gasteiger partial charge in [-0.1, -0.05) is 18.2 Å². The van der Waals surface area contributed by atoms with Crippen LogP contribution >= 0.6 is 11.3 Å². The van der Waals surface area contributed by atoms with Crippen LogP contribution in [0, 0.1) is 11.3 Å². The van der Waals surface area contributed by atoms with Crippen LogP contribution in [0.3, 0.4) is 0 Å². The maximum absolute atomic E-state index is 12.9. The lowest BCUT2D eigenvalue weighted by Gasteiger charge is -2.34. The summed E-state index contributed by atoms with van der Waals surface area (Å²) < 4.78 is 27.6. The van der Waals surface area contributed by atoms with Crippen LogP contribution < -0.4 is 4.72 Å². The predicted octanol–water partition coefficient (Wildman–Crippen LogP) is 3.06. The lowest BCUT2D eigenvalue weighted by atomic mass is 10.1. The van der Waals surface area contributed by atoms with Crippen LogP contribution in [0.5, 0.6) is 0 Å². The largest absolute Gasteiger partial charge is 0.336 e. The number of rotatable bonds is 7. The molecular formula is C24H24N4O3S2. The number of carbonyl (C=O) groups is 1. The number of nitrogens with one attached hydrogen (secondary N) is 1. The summed E-state index contributed by atoms with van der Waals surface area (Å²) in [5.41, 5.74) is 2.26. The molecule has 7 nitrogen and oxygen atoms in total. The number of piperazine rings is 1. The number of nitriles is 1. The van der Waals surface area contributed by atoms with Crippen molar-refractivity contribution in [3.8, 4) is 6.07 Å². The highest BCUT2D eigenvalue weighted by molar-refractivity contribution is 7.89. The number of benzene rings is 2. The van der Waals surface area contributed by atoms with Crippen LogP contribution in [-0.2, 0) is 23.1 Å². The molecule has 2 aromatic carbocycles. The summed E-state index contributed by atoms with van der Waals surface area (Å²) in [5, 5.41) is 10.8. The summed E-state index contributed by atoms with van der Waals surface area (Å²) in [6.07, 6.45) is 0. The summed E-state index contributed by atoms with van der Waals surface area (Å²) in [6, 6.07) is 19.5. The third kappa shape index (κ3) is 5.86. The zero-order valence-electron chi connectivity index (χ0n) is 18.0. The van der Waals surface area contributed by atoms with Crippen molar-refractivity contribution in [2.45, 2.75) is 18.0 Å². The molecule has 1 aliphatic rings. The Morgan fingerprint density at radius 1 is 1.00 bits per heavy atom. The number of thiophene rings is 1. The Labute approximate surface area is 197 Å². The van der Waals surface area contributed by atoms with E-state index in [1.165, 1.54) is 23.5 Å². The van der Waals surface area contributed by atoms with Crippen LogP contribution in [0.2, 0.25) is 0 Å². The Kier molecular flexibility index (Phi) is 7.20. The first-order valence-electron chi connectivity index (χ1n) is 10.6. The fourth-order valence-electron chi connectivity index (χ4n) is 3.67. The quantitative estimate of drug-likeness (QED) is 0.561. The van der Waals surface area contributed by atoms with E-state index in [0.29, 0.717) is 24.2 Å². The molecule has 0 atom stereocenters. The minimum absolute atomic E-state index is 0.0940. The lowest BCUT2D eigenvalue weighted by Crippen LogP contribution is -2.48. The Bertz CT molecular complexity index is 1220. The van der Waals surface area contributed by atoms with Crippen molar-refractivity contribution in [3.05, 3.63) is 87.6 Å². The molecule has 2 heterocycles. The molecular weight excluding hydrogens is 456 g/mol. The third-order valence-corrected chi connectivity index (χ3v) is 7.87. The van der Waals surface area contributed by atoms with Gasteiger partial charge in [0.15, 0.2) is 0 Å². The molecule has 0 unspecified atom stereocenters. The van der Waals surface area contributed by atoms with Gasteiger partial charge in [-0.05, 0) is 53.4 Å². The number of nitrogens with zero attached hydrogens (tertiary/aromatic N) is 3. The lowest BCUT2D eigenvalue weighted by molar-refractivity contribution is 0.0628. The maximum atomic E-state index is 12.9. The molecule has 0 radical (unpaired) electrons. The fourth-order valence-corrected chi connectivity index (χ4v) is 5.42. The van der Waals surface area contributed by atoms with E-state index in [1.54, 1.807) is 17.0 Å². The van der Waals surface area contributed by atoms with Gasteiger partial charge in [0.1, 0.15) is 0 Å². The molecule has 33 heavy (non-hydrogen) atoms. The fraction of sp³-hybridized carbons (Fsp3) is 0.250. The molecule has 0 bridgehead atoms. The number of carbonyl (C=O) groups excluding carboxylic acids is 1. The van der Waals surface area contributed by atoms with Crippen molar-refractivity contribution < 1.29 is 13.2 Å². The van der Waals surface area contributed by atoms with E-state index < -0.39 is 10.0 Å². The van der Waals surface area contributed by atoms with E-state index in [-0.39, 0.29) is 17.3 Å². The minimum atomic E-state index is -3.64. The molecule has 0 spiro atoms. The van der Waals surface area contributed by atoms with Crippen molar-refractivity contribution >= 4 is 27.3 Å². The van der Waals surface area contributed by atoms with E-state index in [0.717, 1.165) is 30.1 Å². The van der Waals surface area contributed by atoms with Gasteiger partial charge in [0, 0.05) is 49.7 Å². The van der Waals surface area contributed by atoms with E-state index >= 15 is 0 Å². The van der Waals surface area contributed by atoms with Crippen LogP contribution in [0.15, 0.2) is 70.9 Å². The molecule has 3 aromatic rings. The van der Waals surface area contributed by atoms with Gasteiger partial charge in [-0.2, -0.15) is 5.26 Å². The van der Waals surface area contributed by atoms with Crippen molar-refractivity contribution in [3.63, 3.8) is 0 Å². The van der Waals surface area contributed by atoms with Crippen molar-refractivity contribution in [1.29, 1.82) is 5.26 Å². The molecule has 1 N–H and O–H groups in total. The minimum Gasteiger partial charge on any atom is -0.336 e. The van der Waals surface area contributed by atoms with Crippen LogP contribution in [0.25, 0.3) is 0 Å². The molecule has 4 rings (SSSR count). The first-order valence-corrected chi connectivity index (χ1v) is 12.9. The van der Waals surface area contributed by atoms with E-state index in [4.69, 9.17) is 5.26 Å². The number of amides is 1. The third-order valence-electron chi connectivity index (χ3n) is 5.58. The molecule has 0 aliphatic carbocycles. The Balaban J connectivity index is 1.30. The Morgan fingerprint density at radius 3 is 2.30 bits per heavy atom. The first-order chi connectivity index (χ1) is 15.9. The molecule has 1 saturated heterocycles. The second-order valence-electron chi connectivity index (χ2n) is 7.81. The molecule has 0 saturated carbocycles. The number of hydrogen-bond donors (Lipinski definition) is 1. The van der Waals surface area contributed by atoms with E-state index in [1.807, 2.05) is 41.8 Å². The Morgan fingerprint density at radius 2 is 1.70 bits per heavy atom. The molecule has 170 valence electrons. The summed E-state index contributed by atoms with van der Waals surface area (Å²) in [4.78, 5) is 18.0. The summed E-state index contributed by atoms with van der Waals surface area (Å²) in [5.74, 6) is -0.0940. The molecule has 9 heteroatoms. The van der Waals surface area contributed by atoms with Crippen molar-refractivity contribution in [2.24, 2.45) is 0 Å². The van der Waals surface area contributed by atoms with Gasteiger partial charge >= 0.3 is 0 Å². The topological polar surface area (TPSA) is 93.5 Å². The van der Waals surface area contributed by atoms with Gasteiger partial charge in [-0.15, -0.1) is 11.3 Å². The predicted molar refractivity (Wildman–Crippen MR) is 127 cm³/mol. The van der Waals surface area contributed by atoms with Crippen LogP contribution in [0.4, 0.5) is 0 Å². The Hall–Kier alpha value is -3.03. The van der Waals surface area contributed by atoms with Crippen LogP contribution in [-0.4, -0.2) is 50.3 Å². The average molecular weight is 481 g/mol. The zero-order valence-corrected chi connectivity index (χ0v) is 19.6. The zero-order chi connectivity index (χ0) is 23.3. The molecule has 1 aliphatic heterocycles. The number of sulfonamides is 1. The highest BCUT2D eigenvalue weighted by atomic mass is 32.2. The smallest absolute Gasteiger partial charge is 0.253 e. The van der Waals surface area contributed by atoms with E-state index in [2.05, 4.69) is 15.7 Å². The highest BCUT2D eigenvalue weighted by Gasteiger charge is 2.23. The van der Waals surface area contributed by atoms with Crippen molar-refractivity contribution in [2.75, 3.05) is 26.2 Å².